The molecule has 1 N–H and O–H groups in total. The van der Waals surface area contributed by atoms with Gasteiger partial charge in [-0.05, 0) is 74.7 Å². The summed E-state index contributed by atoms with van der Waals surface area (Å²) in [5, 5.41) is 3.98. The Hall–Kier alpha value is -3.07. The van der Waals surface area contributed by atoms with Crippen molar-refractivity contribution < 1.29 is 18.0 Å². The maximum atomic E-state index is 14.0. The lowest BCUT2D eigenvalue weighted by molar-refractivity contribution is -0.139. The molecule has 0 spiro atoms. The summed E-state index contributed by atoms with van der Waals surface area (Å²) >= 11 is 12.3. The molecule has 0 saturated heterocycles. The Morgan fingerprint density at radius 3 is 2.22 bits per heavy atom. The fourth-order valence-electron chi connectivity index (χ4n) is 4.94. The Labute approximate surface area is 252 Å². The van der Waals surface area contributed by atoms with E-state index in [0.29, 0.717) is 10.0 Å². The van der Waals surface area contributed by atoms with Crippen LogP contribution in [0.1, 0.15) is 50.2 Å². The van der Waals surface area contributed by atoms with E-state index >= 15 is 0 Å². The first-order chi connectivity index (χ1) is 19.5. The predicted octanol–water partition coefficient (Wildman–Crippen LogP) is 6.36. The van der Waals surface area contributed by atoms with Gasteiger partial charge in [-0.1, -0.05) is 78.4 Å². The SMILES string of the molecule is Cc1ccc(S(=O)(=O)N(CC(=O)N(Cc2ccc(Cl)cc2)[C@@H](C)C(=O)NC2CCCCC2)c2cccc(Cl)c2)cc1. The Morgan fingerprint density at radius 2 is 1.59 bits per heavy atom. The summed E-state index contributed by atoms with van der Waals surface area (Å²) in [6.07, 6.45) is 5.07. The summed E-state index contributed by atoms with van der Waals surface area (Å²) in [6, 6.07) is 19.0. The van der Waals surface area contributed by atoms with Crippen LogP contribution in [0.5, 0.6) is 0 Å². The maximum absolute atomic E-state index is 14.0. The van der Waals surface area contributed by atoms with E-state index in [1.165, 1.54) is 23.1 Å². The van der Waals surface area contributed by atoms with Crippen molar-refractivity contribution in [2.24, 2.45) is 0 Å². The van der Waals surface area contributed by atoms with E-state index in [0.717, 1.165) is 47.5 Å². The lowest BCUT2D eigenvalue weighted by Gasteiger charge is -2.33. The lowest BCUT2D eigenvalue weighted by atomic mass is 9.95. The number of nitrogens with zero attached hydrogens (tertiary/aromatic N) is 2. The molecule has 2 amide bonds. The van der Waals surface area contributed by atoms with Crippen molar-refractivity contribution in [3.63, 3.8) is 0 Å². The van der Waals surface area contributed by atoms with E-state index in [9.17, 15) is 18.0 Å². The fraction of sp³-hybridized carbons (Fsp3) is 0.355. The minimum atomic E-state index is -4.15. The first-order valence-electron chi connectivity index (χ1n) is 13.7. The average molecular weight is 617 g/mol. The topological polar surface area (TPSA) is 86.8 Å². The molecule has 0 radical (unpaired) electrons. The first-order valence-corrected chi connectivity index (χ1v) is 15.9. The molecular formula is C31H35Cl2N3O4S. The average Bonchev–Trinajstić information content (AvgIpc) is 2.95. The molecule has 218 valence electrons. The highest BCUT2D eigenvalue weighted by Crippen LogP contribution is 2.27. The molecule has 1 atom stereocenters. The van der Waals surface area contributed by atoms with Gasteiger partial charge < -0.3 is 10.2 Å². The standard InChI is InChI=1S/C31H35Cl2N3O4S/c1-22-11-17-29(18-12-22)41(39,40)36(28-10-6-7-26(33)19-28)21-30(37)35(20-24-13-15-25(32)16-14-24)23(2)31(38)34-27-8-4-3-5-9-27/h6-7,10-19,23,27H,3-5,8-9,20-21H2,1-2H3,(H,34,38)/t23-/m0/s1. The molecule has 1 saturated carbocycles. The number of nitrogens with one attached hydrogen (secondary N) is 1. The Balaban J connectivity index is 1.67. The van der Waals surface area contributed by atoms with Crippen LogP contribution in [-0.4, -0.2) is 43.8 Å². The van der Waals surface area contributed by atoms with Crippen LogP contribution in [0.25, 0.3) is 0 Å². The summed E-state index contributed by atoms with van der Waals surface area (Å²) in [5.41, 5.74) is 1.91. The number of hydrogen-bond acceptors (Lipinski definition) is 4. The van der Waals surface area contributed by atoms with Gasteiger partial charge >= 0.3 is 0 Å². The van der Waals surface area contributed by atoms with E-state index in [1.807, 2.05) is 6.92 Å². The molecule has 1 aliphatic carbocycles. The Bertz CT molecular complexity index is 1460. The van der Waals surface area contributed by atoms with Crippen LogP contribution < -0.4 is 9.62 Å². The largest absolute Gasteiger partial charge is 0.352 e. The van der Waals surface area contributed by atoms with E-state index < -0.39 is 28.5 Å². The second-order valence-electron chi connectivity index (χ2n) is 10.5. The van der Waals surface area contributed by atoms with Gasteiger partial charge in [-0.2, -0.15) is 0 Å². The molecule has 41 heavy (non-hydrogen) atoms. The van der Waals surface area contributed by atoms with Gasteiger partial charge in [0.05, 0.1) is 10.6 Å². The zero-order valence-electron chi connectivity index (χ0n) is 23.2. The summed E-state index contributed by atoms with van der Waals surface area (Å²) < 4.78 is 28.8. The van der Waals surface area contributed by atoms with Gasteiger partial charge in [0.2, 0.25) is 11.8 Å². The normalized spacial score (nSPS) is 14.7. The molecule has 1 fully saturated rings. The summed E-state index contributed by atoms with van der Waals surface area (Å²) in [7, 11) is -4.15. The summed E-state index contributed by atoms with van der Waals surface area (Å²) in [5.74, 6) is -0.795. The summed E-state index contributed by atoms with van der Waals surface area (Å²) in [4.78, 5) is 28.9. The molecule has 0 heterocycles. The third kappa shape index (κ3) is 8.03. The smallest absolute Gasteiger partial charge is 0.264 e. The molecule has 0 aliphatic heterocycles. The molecular weight excluding hydrogens is 581 g/mol. The van der Waals surface area contributed by atoms with Crippen LogP contribution >= 0.6 is 23.2 Å². The number of carbonyl (C=O) groups is 2. The number of halogens is 2. The quantitative estimate of drug-likeness (QED) is 0.287. The molecule has 0 unspecified atom stereocenters. The molecule has 1 aliphatic rings. The van der Waals surface area contributed by atoms with Crippen LogP contribution in [0.15, 0.2) is 77.7 Å². The van der Waals surface area contributed by atoms with E-state index in [-0.39, 0.29) is 29.1 Å². The van der Waals surface area contributed by atoms with Crippen molar-refractivity contribution in [1.29, 1.82) is 0 Å². The number of benzene rings is 3. The fourth-order valence-corrected chi connectivity index (χ4v) is 6.65. The van der Waals surface area contributed by atoms with E-state index in [2.05, 4.69) is 5.32 Å². The highest BCUT2D eigenvalue weighted by molar-refractivity contribution is 7.92. The van der Waals surface area contributed by atoms with Crippen LogP contribution in [0.4, 0.5) is 5.69 Å². The van der Waals surface area contributed by atoms with Gasteiger partial charge in [-0.15, -0.1) is 0 Å². The number of rotatable bonds is 10. The number of hydrogen-bond donors (Lipinski definition) is 1. The molecule has 0 aromatic heterocycles. The van der Waals surface area contributed by atoms with Crippen molar-refractivity contribution in [3.8, 4) is 0 Å². The molecule has 0 bridgehead atoms. The zero-order valence-corrected chi connectivity index (χ0v) is 25.6. The monoisotopic (exact) mass is 615 g/mol. The molecule has 4 rings (SSSR count). The number of amides is 2. The van der Waals surface area contributed by atoms with Crippen molar-refractivity contribution >= 4 is 50.7 Å². The van der Waals surface area contributed by atoms with Crippen molar-refractivity contribution in [3.05, 3.63) is 94.0 Å². The van der Waals surface area contributed by atoms with Crippen molar-refractivity contribution in [2.45, 2.75) is 69.5 Å². The Morgan fingerprint density at radius 1 is 0.927 bits per heavy atom. The number of aryl methyl sites for hydroxylation is 1. The van der Waals surface area contributed by atoms with Gasteiger partial charge in [0.25, 0.3) is 10.0 Å². The second-order valence-corrected chi connectivity index (χ2v) is 13.2. The maximum Gasteiger partial charge on any atom is 0.264 e. The molecule has 3 aromatic carbocycles. The molecule has 10 heteroatoms. The van der Waals surface area contributed by atoms with Crippen LogP contribution in [0, 0.1) is 6.92 Å². The van der Waals surface area contributed by atoms with E-state index in [1.54, 1.807) is 61.5 Å². The van der Waals surface area contributed by atoms with Gasteiger partial charge in [0, 0.05) is 22.6 Å². The summed E-state index contributed by atoms with van der Waals surface area (Å²) in [6.45, 7) is 3.11. The predicted molar refractivity (Wildman–Crippen MR) is 164 cm³/mol. The molecule has 7 nitrogen and oxygen atoms in total. The lowest BCUT2D eigenvalue weighted by Crippen LogP contribution is -2.53. The Kier molecular flexibility index (Phi) is 10.3. The highest BCUT2D eigenvalue weighted by atomic mass is 35.5. The van der Waals surface area contributed by atoms with Crippen LogP contribution in [0.3, 0.4) is 0 Å². The van der Waals surface area contributed by atoms with Crippen LogP contribution in [0.2, 0.25) is 10.0 Å². The second kappa shape index (κ2) is 13.7. The van der Waals surface area contributed by atoms with Gasteiger partial charge in [0.1, 0.15) is 12.6 Å². The minimum absolute atomic E-state index is 0.0446. The number of anilines is 1. The minimum Gasteiger partial charge on any atom is -0.352 e. The zero-order chi connectivity index (χ0) is 29.6. The molecule has 3 aromatic rings. The van der Waals surface area contributed by atoms with E-state index in [4.69, 9.17) is 23.2 Å². The van der Waals surface area contributed by atoms with Crippen molar-refractivity contribution in [1.82, 2.24) is 10.2 Å². The number of sulfonamides is 1. The van der Waals surface area contributed by atoms with Gasteiger partial charge in [0.15, 0.2) is 0 Å². The first kappa shape index (κ1) is 30.9. The number of carbonyl (C=O) groups excluding carboxylic acids is 2. The highest BCUT2D eigenvalue weighted by Gasteiger charge is 2.33. The third-order valence-corrected chi connectivity index (χ3v) is 9.64. The third-order valence-electron chi connectivity index (χ3n) is 7.37. The van der Waals surface area contributed by atoms with Gasteiger partial charge in [-0.25, -0.2) is 8.42 Å². The van der Waals surface area contributed by atoms with Crippen LogP contribution in [-0.2, 0) is 26.2 Å². The van der Waals surface area contributed by atoms with Crippen molar-refractivity contribution in [2.75, 3.05) is 10.8 Å². The van der Waals surface area contributed by atoms with Gasteiger partial charge in [-0.3, -0.25) is 13.9 Å².